The third kappa shape index (κ3) is 4.91. The number of nitrogens with zero attached hydrogens (tertiary/aromatic N) is 3. The molecule has 0 saturated carbocycles. The van der Waals surface area contributed by atoms with Crippen LogP contribution in [0.15, 0.2) is 59.3 Å². The first-order chi connectivity index (χ1) is 13.9. The number of non-ortho nitro benzene ring substituents is 1. The Bertz CT molecular complexity index is 1050. The molecule has 1 heterocycles. The normalized spacial score (nSPS) is 11.6. The van der Waals surface area contributed by atoms with E-state index < -0.39 is 11.0 Å². The Morgan fingerprint density at radius 1 is 1.28 bits per heavy atom. The lowest BCUT2D eigenvalue weighted by Crippen LogP contribution is -2.24. The summed E-state index contributed by atoms with van der Waals surface area (Å²) in [5.41, 5.74) is 0.00866. The highest BCUT2D eigenvalue weighted by atomic mass is 79.9. The number of nitrogens with one attached hydrogen (secondary N) is 1. The maximum Gasteiger partial charge on any atom is 0.275 e. The second kappa shape index (κ2) is 8.74. The minimum absolute atomic E-state index is 0.188. The van der Waals surface area contributed by atoms with Gasteiger partial charge in [-0.05, 0) is 35.0 Å². The van der Waals surface area contributed by atoms with Gasteiger partial charge >= 0.3 is 0 Å². The second-order valence-corrected chi connectivity index (χ2v) is 6.95. The van der Waals surface area contributed by atoms with E-state index >= 15 is 0 Å². The van der Waals surface area contributed by atoms with Crippen LogP contribution in [0.5, 0.6) is 17.2 Å². The highest BCUT2D eigenvalue weighted by Gasteiger charge is 2.19. The summed E-state index contributed by atoms with van der Waals surface area (Å²) >= 11 is 3.28. The van der Waals surface area contributed by atoms with Crippen molar-refractivity contribution in [2.75, 3.05) is 12.4 Å². The fourth-order valence-electron chi connectivity index (χ4n) is 2.54. The predicted molar refractivity (Wildman–Crippen MR) is 109 cm³/mol. The summed E-state index contributed by atoms with van der Waals surface area (Å²) in [6, 6.07) is 10.3. The van der Waals surface area contributed by atoms with E-state index in [4.69, 9.17) is 9.47 Å². The van der Waals surface area contributed by atoms with Gasteiger partial charge in [0.2, 0.25) is 5.91 Å². The van der Waals surface area contributed by atoms with Crippen LogP contribution >= 0.6 is 15.9 Å². The van der Waals surface area contributed by atoms with E-state index in [0.29, 0.717) is 11.5 Å². The largest absolute Gasteiger partial charge is 0.493 e. The molecule has 0 bridgehead atoms. The van der Waals surface area contributed by atoms with Crippen molar-refractivity contribution in [2.45, 2.75) is 13.0 Å². The molecule has 0 aliphatic rings. The zero-order chi connectivity index (χ0) is 21.0. The maximum absolute atomic E-state index is 12.6. The van der Waals surface area contributed by atoms with Crippen LogP contribution in [0.25, 0.3) is 0 Å². The van der Waals surface area contributed by atoms with Crippen molar-refractivity contribution in [3.63, 3.8) is 0 Å². The molecule has 1 unspecified atom stereocenters. The van der Waals surface area contributed by atoms with Gasteiger partial charge in [-0.1, -0.05) is 12.1 Å². The lowest BCUT2D eigenvalue weighted by Gasteiger charge is -2.14. The molecule has 9 nitrogen and oxygen atoms in total. The number of carbonyl (C=O) groups is 1. The van der Waals surface area contributed by atoms with Crippen molar-refractivity contribution >= 4 is 33.2 Å². The number of anilines is 1. The van der Waals surface area contributed by atoms with Crippen molar-refractivity contribution in [1.82, 2.24) is 9.78 Å². The number of hydrogen-bond acceptors (Lipinski definition) is 6. The minimum Gasteiger partial charge on any atom is -0.493 e. The van der Waals surface area contributed by atoms with E-state index in [9.17, 15) is 14.9 Å². The van der Waals surface area contributed by atoms with Crippen LogP contribution < -0.4 is 14.8 Å². The Balaban J connectivity index is 1.86. The van der Waals surface area contributed by atoms with E-state index in [1.54, 1.807) is 43.6 Å². The van der Waals surface area contributed by atoms with Gasteiger partial charge in [0, 0.05) is 18.3 Å². The maximum atomic E-state index is 12.6. The highest BCUT2D eigenvalue weighted by Crippen LogP contribution is 2.34. The molecule has 1 amide bonds. The molecule has 0 spiro atoms. The first kappa shape index (κ1) is 20.3. The fraction of sp³-hybridized carbons (Fsp3) is 0.158. The number of rotatable bonds is 7. The molecule has 0 fully saturated rings. The molecule has 1 N–H and O–H groups in total. The van der Waals surface area contributed by atoms with Crippen LogP contribution in [-0.2, 0) is 4.79 Å². The van der Waals surface area contributed by atoms with Gasteiger partial charge in [-0.2, -0.15) is 5.10 Å². The number of ether oxygens (including phenoxy) is 2. The molecule has 1 aromatic heterocycles. The molecule has 3 aromatic rings. The van der Waals surface area contributed by atoms with E-state index in [1.165, 1.54) is 30.0 Å². The van der Waals surface area contributed by atoms with E-state index in [-0.39, 0.29) is 23.0 Å². The summed E-state index contributed by atoms with van der Waals surface area (Å²) in [7, 11) is 1.50. The number of para-hydroxylation sites is 2. The zero-order valence-corrected chi connectivity index (χ0v) is 17.1. The molecular weight excluding hydrogens is 444 g/mol. The molecular formula is C19H17BrN4O5. The van der Waals surface area contributed by atoms with Gasteiger partial charge in [0.1, 0.15) is 11.8 Å². The molecule has 2 aromatic carbocycles. The number of halogens is 1. The van der Waals surface area contributed by atoms with Crippen LogP contribution in [0.1, 0.15) is 13.0 Å². The average molecular weight is 461 g/mol. The Hall–Kier alpha value is -3.40. The quantitative estimate of drug-likeness (QED) is 0.409. The van der Waals surface area contributed by atoms with Gasteiger partial charge in [0.05, 0.1) is 34.5 Å². The van der Waals surface area contributed by atoms with Gasteiger partial charge in [-0.25, -0.2) is 0 Å². The summed E-state index contributed by atoms with van der Waals surface area (Å²) in [6.45, 7) is 1.67. The van der Waals surface area contributed by atoms with Gasteiger partial charge in [0.15, 0.2) is 11.5 Å². The lowest BCUT2D eigenvalue weighted by molar-refractivity contribution is -0.384. The van der Waals surface area contributed by atoms with E-state index in [2.05, 4.69) is 26.3 Å². The number of carbonyl (C=O) groups excluding carboxylic acids is 1. The first-order valence-electron chi connectivity index (χ1n) is 8.48. The molecule has 1 atom stereocenters. The zero-order valence-electron chi connectivity index (χ0n) is 15.5. The van der Waals surface area contributed by atoms with Gasteiger partial charge in [0.25, 0.3) is 5.69 Å². The molecule has 10 heteroatoms. The first-order valence-corrected chi connectivity index (χ1v) is 9.27. The smallest absolute Gasteiger partial charge is 0.275 e. The topological polar surface area (TPSA) is 109 Å². The average Bonchev–Trinajstić information content (AvgIpc) is 3.13. The Labute approximate surface area is 174 Å². The van der Waals surface area contributed by atoms with E-state index in [0.717, 1.165) is 4.47 Å². The van der Waals surface area contributed by atoms with Crippen molar-refractivity contribution in [2.24, 2.45) is 0 Å². The number of nitro benzene ring substituents is 1. The third-order valence-corrected chi connectivity index (χ3v) is 4.42. The molecule has 150 valence electrons. The number of benzene rings is 2. The summed E-state index contributed by atoms with van der Waals surface area (Å²) < 4.78 is 13.2. The summed E-state index contributed by atoms with van der Waals surface area (Å²) in [5.74, 6) is 0.669. The van der Waals surface area contributed by atoms with Crippen LogP contribution in [0.4, 0.5) is 11.4 Å². The standard InChI is InChI=1S/C19H17BrN4O5/c1-12(23-11-13(20)10-21-23)19(25)22-14-7-15(24(26)27)9-16(8-14)29-18-6-4-3-5-17(18)28-2/h3-12H,1-2H3,(H,22,25). The van der Waals surface area contributed by atoms with Crippen molar-refractivity contribution in [3.05, 3.63) is 69.4 Å². The minimum atomic E-state index is -0.626. The third-order valence-electron chi connectivity index (χ3n) is 4.01. The monoisotopic (exact) mass is 460 g/mol. The van der Waals surface area contributed by atoms with E-state index in [1.807, 2.05) is 0 Å². The van der Waals surface area contributed by atoms with Gasteiger partial charge in [-0.3, -0.25) is 19.6 Å². The van der Waals surface area contributed by atoms with Crippen LogP contribution in [0.3, 0.4) is 0 Å². The Morgan fingerprint density at radius 3 is 2.62 bits per heavy atom. The second-order valence-electron chi connectivity index (χ2n) is 6.03. The summed E-state index contributed by atoms with van der Waals surface area (Å²) in [5, 5.41) is 18.1. The van der Waals surface area contributed by atoms with Crippen LogP contribution in [0.2, 0.25) is 0 Å². The highest BCUT2D eigenvalue weighted by molar-refractivity contribution is 9.10. The number of hydrogen-bond donors (Lipinski definition) is 1. The van der Waals surface area contributed by atoms with Crippen molar-refractivity contribution in [1.29, 1.82) is 0 Å². The van der Waals surface area contributed by atoms with Crippen LogP contribution in [0, 0.1) is 10.1 Å². The number of amides is 1. The molecule has 0 aliphatic heterocycles. The van der Waals surface area contributed by atoms with Gasteiger partial charge < -0.3 is 14.8 Å². The Morgan fingerprint density at radius 2 is 2.00 bits per heavy atom. The number of methoxy groups -OCH3 is 1. The molecule has 0 aliphatic carbocycles. The van der Waals surface area contributed by atoms with Gasteiger partial charge in [-0.15, -0.1) is 0 Å². The number of aromatic nitrogens is 2. The SMILES string of the molecule is COc1ccccc1Oc1cc(NC(=O)C(C)n2cc(Br)cn2)cc([N+](=O)[O-])c1. The summed E-state index contributed by atoms with van der Waals surface area (Å²) in [4.78, 5) is 23.3. The number of nitro groups is 1. The van der Waals surface area contributed by atoms with Crippen molar-refractivity contribution in [3.8, 4) is 17.2 Å². The molecule has 0 saturated heterocycles. The van der Waals surface area contributed by atoms with Crippen LogP contribution in [-0.4, -0.2) is 27.7 Å². The predicted octanol–water partition coefficient (Wildman–Crippen LogP) is 4.55. The molecule has 0 radical (unpaired) electrons. The lowest BCUT2D eigenvalue weighted by atomic mass is 10.2. The molecule has 29 heavy (non-hydrogen) atoms. The fourth-order valence-corrected chi connectivity index (χ4v) is 2.84. The Kier molecular flexibility index (Phi) is 6.13. The summed E-state index contributed by atoms with van der Waals surface area (Å²) in [6.07, 6.45) is 3.23. The molecule has 3 rings (SSSR count). The van der Waals surface area contributed by atoms with Crippen molar-refractivity contribution < 1.29 is 19.2 Å².